The average molecular weight is 694 g/mol. The minimum Gasteiger partial charge on any atom is -0.438 e. The van der Waals surface area contributed by atoms with Crippen molar-refractivity contribution in [2.45, 2.75) is 6.17 Å². The zero-order chi connectivity index (χ0) is 35.6. The first-order valence-electron chi connectivity index (χ1n) is 18.1. The molecule has 1 atom stereocenters. The van der Waals surface area contributed by atoms with Gasteiger partial charge in [0.2, 0.25) is 5.71 Å². The SMILES string of the molecule is c1ccc(C2N=C(c3cc(-n4c5ccccc5c5ccccc54)cc4oc5ncccc5c34)N=C(c3ccc(-c4cccc5ccccc45)cc3)N2)cc1. The molecule has 1 aliphatic heterocycles. The Morgan fingerprint density at radius 1 is 0.556 bits per heavy atom. The van der Waals surface area contributed by atoms with Crippen molar-refractivity contribution in [3.63, 3.8) is 0 Å². The lowest BCUT2D eigenvalue weighted by Crippen LogP contribution is -2.33. The molecule has 0 amide bonds. The number of nitrogens with zero attached hydrogens (tertiary/aromatic N) is 4. The van der Waals surface area contributed by atoms with Gasteiger partial charge in [0.15, 0.2) is 5.84 Å². The van der Waals surface area contributed by atoms with E-state index in [2.05, 4.69) is 160 Å². The maximum Gasteiger partial charge on any atom is 0.227 e. The van der Waals surface area contributed by atoms with Gasteiger partial charge >= 0.3 is 0 Å². The highest BCUT2D eigenvalue weighted by atomic mass is 16.3. The number of aliphatic imine (C=N–C) groups is 2. The smallest absolute Gasteiger partial charge is 0.227 e. The van der Waals surface area contributed by atoms with Gasteiger partial charge in [-0.3, -0.25) is 0 Å². The summed E-state index contributed by atoms with van der Waals surface area (Å²) in [6, 6.07) is 59.4. The topological polar surface area (TPSA) is 67.7 Å². The van der Waals surface area contributed by atoms with Gasteiger partial charge in [0.1, 0.15) is 17.6 Å². The van der Waals surface area contributed by atoms with Crippen molar-refractivity contribution in [3.8, 4) is 16.8 Å². The van der Waals surface area contributed by atoms with Gasteiger partial charge in [-0.1, -0.05) is 133 Å². The number of para-hydroxylation sites is 2. The molecule has 0 radical (unpaired) electrons. The van der Waals surface area contributed by atoms with Crippen molar-refractivity contribution in [1.29, 1.82) is 0 Å². The fraction of sp³-hybridized carbons (Fsp3) is 0.0208. The number of amidine groups is 2. The average Bonchev–Trinajstić information content (AvgIpc) is 3.79. The van der Waals surface area contributed by atoms with Crippen molar-refractivity contribution < 1.29 is 4.42 Å². The van der Waals surface area contributed by atoms with Crippen molar-refractivity contribution >= 4 is 66.3 Å². The minimum absolute atomic E-state index is 0.366. The third-order valence-corrected chi connectivity index (χ3v) is 10.5. The van der Waals surface area contributed by atoms with E-state index in [4.69, 9.17) is 14.4 Å². The first kappa shape index (κ1) is 30.3. The number of furan rings is 1. The Kier molecular flexibility index (Phi) is 6.82. The van der Waals surface area contributed by atoms with Crippen LogP contribution in [0.3, 0.4) is 0 Å². The Bertz CT molecular complexity index is 3080. The van der Waals surface area contributed by atoms with E-state index < -0.39 is 0 Å². The molecule has 0 bridgehead atoms. The van der Waals surface area contributed by atoms with Crippen LogP contribution in [0.4, 0.5) is 0 Å². The van der Waals surface area contributed by atoms with Crippen LogP contribution in [0.25, 0.3) is 71.5 Å². The second-order valence-electron chi connectivity index (χ2n) is 13.7. The largest absolute Gasteiger partial charge is 0.438 e. The Hall–Kier alpha value is -7.31. The number of rotatable bonds is 5. The van der Waals surface area contributed by atoms with Crippen molar-refractivity contribution in [1.82, 2.24) is 14.9 Å². The number of hydrogen-bond acceptors (Lipinski definition) is 5. The van der Waals surface area contributed by atoms with Crippen LogP contribution in [-0.2, 0) is 0 Å². The van der Waals surface area contributed by atoms with Crippen molar-refractivity contribution in [3.05, 3.63) is 193 Å². The maximum absolute atomic E-state index is 6.51. The van der Waals surface area contributed by atoms with Crippen molar-refractivity contribution in [2.24, 2.45) is 9.98 Å². The third-order valence-electron chi connectivity index (χ3n) is 10.5. The number of fused-ring (bicyclic) bond motifs is 7. The molecule has 0 saturated carbocycles. The van der Waals surface area contributed by atoms with Gasteiger partial charge in [-0.15, -0.1) is 0 Å². The van der Waals surface area contributed by atoms with Gasteiger partial charge in [-0.05, 0) is 57.8 Å². The zero-order valence-corrected chi connectivity index (χ0v) is 29.0. The van der Waals surface area contributed by atoms with E-state index >= 15 is 0 Å². The van der Waals surface area contributed by atoms with Crippen LogP contribution in [0.1, 0.15) is 22.9 Å². The van der Waals surface area contributed by atoms with E-state index in [0.29, 0.717) is 11.5 Å². The van der Waals surface area contributed by atoms with Crippen LogP contribution in [0, 0.1) is 0 Å². The first-order valence-corrected chi connectivity index (χ1v) is 18.1. The summed E-state index contributed by atoms with van der Waals surface area (Å²) < 4.78 is 8.82. The highest BCUT2D eigenvalue weighted by molar-refractivity contribution is 6.22. The Morgan fingerprint density at radius 3 is 2.02 bits per heavy atom. The van der Waals surface area contributed by atoms with Gasteiger partial charge in [0.25, 0.3) is 0 Å². The summed E-state index contributed by atoms with van der Waals surface area (Å²) in [6.45, 7) is 0. The molecule has 10 aromatic rings. The summed E-state index contributed by atoms with van der Waals surface area (Å²) in [4.78, 5) is 15.3. The molecule has 1 N–H and O–H groups in total. The highest BCUT2D eigenvalue weighted by Crippen LogP contribution is 2.38. The predicted molar refractivity (Wildman–Crippen MR) is 221 cm³/mol. The molecule has 0 fully saturated rings. The van der Waals surface area contributed by atoms with E-state index in [1.54, 1.807) is 6.20 Å². The lowest BCUT2D eigenvalue weighted by atomic mass is 9.97. The molecule has 0 aliphatic carbocycles. The van der Waals surface area contributed by atoms with E-state index in [1.807, 2.05) is 24.3 Å². The summed E-state index contributed by atoms with van der Waals surface area (Å²) in [5, 5.41) is 10.4. The quantitative estimate of drug-likeness (QED) is 0.195. The van der Waals surface area contributed by atoms with Gasteiger partial charge in [-0.2, -0.15) is 0 Å². The fourth-order valence-electron chi connectivity index (χ4n) is 8.04. The molecular weight excluding hydrogens is 663 g/mol. The summed E-state index contributed by atoms with van der Waals surface area (Å²) >= 11 is 0. The van der Waals surface area contributed by atoms with E-state index in [1.165, 1.54) is 27.1 Å². The van der Waals surface area contributed by atoms with Crippen LogP contribution >= 0.6 is 0 Å². The standard InChI is InChI=1S/C48H31N5O/c1-2-13-32(14-3-1)45-50-46(33-25-23-31(24-26-33)36-19-10-15-30-12-4-5-16-35(30)36)52-47(51-45)40-28-34(29-43-44(40)39-20-11-27-49-48(39)54-43)53-41-21-8-6-17-37(41)38-18-7-9-22-42(38)53/h1-29,45H,(H,50,51,52). The van der Waals surface area contributed by atoms with Crippen molar-refractivity contribution in [2.75, 3.05) is 0 Å². The molecule has 254 valence electrons. The second kappa shape index (κ2) is 12.1. The number of pyridine rings is 1. The van der Waals surface area contributed by atoms with Crippen LogP contribution in [-0.4, -0.2) is 21.2 Å². The molecule has 0 spiro atoms. The number of aromatic nitrogens is 2. The minimum atomic E-state index is -0.366. The predicted octanol–water partition coefficient (Wildman–Crippen LogP) is 11.4. The Morgan fingerprint density at radius 2 is 1.22 bits per heavy atom. The molecule has 7 aromatic carbocycles. The molecule has 1 aliphatic rings. The van der Waals surface area contributed by atoms with E-state index in [9.17, 15) is 0 Å². The van der Waals surface area contributed by atoms with Crippen LogP contribution < -0.4 is 5.32 Å². The molecule has 0 saturated heterocycles. The summed E-state index contributed by atoms with van der Waals surface area (Å²) in [5.74, 6) is 1.37. The highest BCUT2D eigenvalue weighted by Gasteiger charge is 2.25. The lowest BCUT2D eigenvalue weighted by molar-refractivity contribution is 0.653. The molecular formula is C48H31N5O. The van der Waals surface area contributed by atoms with Crippen LogP contribution in [0.15, 0.2) is 190 Å². The third kappa shape index (κ3) is 4.85. The van der Waals surface area contributed by atoms with Gasteiger partial charge in [-0.25, -0.2) is 15.0 Å². The maximum atomic E-state index is 6.51. The molecule has 54 heavy (non-hydrogen) atoms. The lowest BCUT2D eigenvalue weighted by Gasteiger charge is -2.24. The van der Waals surface area contributed by atoms with Crippen LogP contribution in [0.5, 0.6) is 0 Å². The summed E-state index contributed by atoms with van der Waals surface area (Å²) in [6.07, 6.45) is 1.40. The fourth-order valence-corrected chi connectivity index (χ4v) is 8.04. The second-order valence-corrected chi connectivity index (χ2v) is 13.7. The first-order chi connectivity index (χ1) is 26.8. The molecule has 1 unspecified atom stereocenters. The van der Waals surface area contributed by atoms with E-state index in [-0.39, 0.29) is 6.17 Å². The van der Waals surface area contributed by atoms with Gasteiger partial charge in [0.05, 0.1) is 16.7 Å². The summed E-state index contributed by atoms with van der Waals surface area (Å²) in [5.41, 5.74) is 9.74. The summed E-state index contributed by atoms with van der Waals surface area (Å²) in [7, 11) is 0. The number of nitrogens with one attached hydrogen (secondary N) is 1. The van der Waals surface area contributed by atoms with Gasteiger partial charge < -0.3 is 14.3 Å². The Balaban J connectivity index is 1.12. The zero-order valence-electron chi connectivity index (χ0n) is 29.0. The molecule has 6 heteroatoms. The number of hydrogen-bond donors (Lipinski definition) is 1. The molecule has 4 heterocycles. The molecule has 3 aromatic heterocycles. The number of benzene rings is 7. The molecule has 11 rings (SSSR count). The van der Waals surface area contributed by atoms with E-state index in [0.717, 1.165) is 61.2 Å². The van der Waals surface area contributed by atoms with Gasteiger partial charge in [0, 0.05) is 44.9 Å². The van der Waals surface area contributed by atoms with Crippen LogP contribution in [0.2, 0.25) is 0 Å². The monoisotopic (exact) mass is 693 g/mol. The Labute approximate surface area is 310 Å². The molecule has 6 nitrogen and oxygen atoms in total. The normalized spacial score (nSPS) is 14.5.